The molecule has 0 unspecified atom stereocenters. The molecule has 6 atom stereocenters. The monoisotopic (exact) mass is 731 g/mol. The van der Waals surface area contributed by atoms with Gasteiger partial charge in [-0.05, 0) is 77.3 Å². The smallest absolute Gasteiger partial charge is 0.294 e. The summed E-state index contributed by atoms with van der Waals surface area (Å²) in [6, 6.07) is 4.29. The van der Waals surface area contributed by atoms with E-state index in [1.165, 1.54) is 10.5 Å². The average molecular weight is 733 g/mol. The van der Waals surface area contributed by atoms with Crippen LogP contribution in [-0.4, -0.2) is 102 Å². The molecule has 1 aromatic heterocycles. The van der Waals surface area contributed by atoms with Gasteiger partial charge in [0.25, 0.3) is 21.9 Å². The van der Waals surface area contributed by atoms with E-state index >= 15 is 0 Å². The van der Waals surface area contributed by atoms with Crippen LogP contribution < -0.4 is 5.32 Å². The number of halogens is 1. The predicted molar refractivity (Wildman–Crippen MR) is 178 cm³/mol. The summed E-state index contributed by atoms with van der Waals surface area (Å²) in [5.41, 5.74) is 2.34. The summed E-state index contributed by atoms with van der Waals surface area (Å²) in [6.07, 6.45) is 4.93. The van der Waals surface area contributed by atoms with Gasteiger partial charge in [-0.15, -0.1) is 0 Å². The van der Waals surface area contributed by atoms with Crippen LogP contribution in [0, 0.1) is 17.8 Å². The van der Waals surface area contributed by atoms with Crippen molar-refractivity contribution in [2.45, 2.75) is 83.1 Å². The zero-order valence-corrected chi connectivity index (χ0v) is 29.9. The van der Waals surface area contributed by atoms with E-state index in [-0.39, 0.29) is 24.3 Å². The van der Waals surface area contributed by atoms with Crippen molar-refractivity contribution in [3.05, 3.63) is 40.0 Å². The van der Waals surface area contributed by atoms with Gasteiger partial charge in [-0.3, -0.25) is 28.9 Å². The molecule has 3 saturated heterocycles. The molecule has 5 heterocycles. The topological polar surface area (TPSA) is 141 Å². The van der Waals surface area contributed by atoms with Gasteiger partial charge in [0.1, 0.15) is 12.1 Å². The summed E-state index contributed by atoms with van der Waals surface area (Å²) in [4.78, 5) is 51.5. The number of aromatic nitrogens is 1. The number of ether oxygens (including phenoxy) is 1. The fourth-order valence-corrected chi connectivity index (χ4v) is 9.68. The highest BCUT2D eigenvalue weighted by molar-refractivity contribution is 9.10. The number of carbonyl (C=O) groups excluding carboxylic acids is 3. The Bertz CT molecular complexity index is 1820. The quantitative estimate of drug-likeness (QED) is 0.414. The Labute approximate surface area is 283 Å². The molecule has 254 valence electrons. The third kappa shape index (κ3) is 4.92. The minimum absolute atomic E-state index is 0.00561. The van der Waals surface area contributed by atoms with Crippen LogP contribution in [0.2, 0.25) is 0 Å². The van der Waals surface area contributed by atoms with E-state index in [2.05, 4.69) is 37.2 Å². The van der Waals surface area contributed by atoms with Crippen molar-refractivity contribution >= 4 is 60.2 Å². The lowest BCUT2D eigenvalue weighted by Gasteiger charge is -2.50. The number of likely N-dealkylation sites (N-methyl/N-ethyl adjacent to an activating group) is 1. The third-order valence-electron chi connectivity index (χ3n) is 10.5. The molecule has 3 fully saturated rings. The number of aromatic amines is 1. The number of benzene rings is 1. The Morgan fingerprint density at radius 1 is 1.23 bits per heavy atom. The molecule has 0 radical (unpaired) electrons. The van der Waals surface area contributed by atoms with Crippen molar-refractivity contribution in [1.82, 2.24) is 25.0 Å². The van der Waals surface area contributed by atoms with Crippen LogP contribution in [0.4, 0.5) is 0 Å². The normalized spacial score (nSPS) is 32.2. The number of H-pyrrole nitrogens is 1. The molecule has 14 heteroatoms. The van der Waals surface area contributed by atoms with E-state index in [1.807, 2.05) is 39.1 Å². The number of nitrogens with zero attached hydrogens (tertiary/aromatic N) is 3. The Morgan fingerprint density at radius 2 is 1.98 bits per heavy atom. The Kier molecular flexibility index (Phi) is 7.75. The van der Waals surface area contributed by atoms with Crippen LogP contribution in [0.25, 0.3) is 16.5 Å². The minimum atomic E-state index is -4.20. The lowest BCUT2D eigenvalue weighted by Crippen LogP contribution is -2.72. The molecule has 3 amide bonds. The highest BCUT2D eigenvalue weighted by Crippen LogP contribution is 2.51. The van der Waals surface area contributed by atoms with E-state index in [9.17, 15) is 22.8 Å². The molecule has 0 bridgehead atoms. The zero-order chi connectivity index (χ0) is 33.8. The van der Waals surface area contributed by atoms with Gasteiger partial charge in [0.15, 0.2) is 0 Å². The Hall–Kier alpha value is -2.78. The minimum Gasteiger partial charge on any atom is -0.349 e. The van der Waals surface area contributed by atoms with Crippen molar-refractivity contribution in [3.63, 3.8) is 0 Å². The van der Waals surface area contributed by atoms with E-state index in [0.717, 1.165) is 39.3 Å². The number of carbonyl (C=O) groups is 3. The van der Waals surface area contributed by atoms with Crippen LogP contribution in [0.1, 0.15) is 58.1 Å². The van der Waals surface area contributed by atoms with E-state index in [0.29, 0.717) is 25.9 Å². The third-order valence-corrected chi connectivity index (χ3v) is 11.7. The number of hydrogen-bond donors (Lipinski definition) is 2. The number of fused-ring (bicyclic) bond motifs is 5. The van der Waals surface area contributed by atoms with Gasteiger partial charge in [0.2, 0.25) is 17.5 Å². The lowest BCUT2D eigenvalue weighted by molar-refractivity contribution is -0.305. The maximum Gasteiger partial charge on any atom is 0.294 e. The van der Waals surface area contributed by atoms with Crippen molar-refractivity contribution in [1.29, 1.82) is 0 Å². The fourth-order valence-electron chi connectivity index (χ4n) is 8.45. The van der Waals surface area contributed by atoms with E-state index < -0.39 is 57.5 Å². The largest absolute Gasteiger partial charge is 0.349 e. The van der Waals surface area contributed by atoms with Crippen LogP contribution in [0.5, 0.6) is 0 Å². The average Bonchev–Trinajstić information content (AvgIpc) is 3.66. The van der Waals surface area contributed by atoms with Gasteiger partial charge >= 0.3 is 0 Å². The molecule has 1 aliphatic carbocycles. The molecular weight excluding hydrogens is 690 g/mol. The molecule has 5 aliphatic rings. The summed E-state index contributed by atoms with van der Waals surface area (Å²) in [5, 5.41) is 4.10. The first kappa shape index (κ1) is 32.8. The second kappa shape index (κ2) is 11.1. The molecule has 1 aromatic carbocycles. The van der Waals surface area contributed by atoms with Crippen LogP contribution >= 0.6 is 15.9 Å². The summed E-state index contributed by atoms with van der Waals surface area (Å²) < 4.78 is 39.2. The molecule has 12 nitrogen and oxygen atoms in total. The highest BCUT2D eigenvalue weighted by atomic mass is 79.9. The van der Waals surface area contributed by atoms with Crippen molar-refractivity contribution in [2.24, 2.45) is 17.8 Å². The maximum absolute atomic E-state index is 14.8. The zero-order valence-electron chi connectivity index (χ0n) is 27.5. The summed E-state index contributed by atoms with van der Waals surface area (Å²) in [7, 11) is -2.21. The Balaban J connectivity index is 1.30. The van der Waals surface area contributed by atoms with E-state index in [1.54, 1.807) is 18.7 Å². The second-order valence-corrected chi connectivity index (χ2v) is 16.8. The maximum atomic E-state index is 14.8. The molecule has 0 spiro atoms. The lowest BCUT2D eigenvalue weighted by atomic mass is 9.79. The standard InChI is InChI=1S/C33H42BrN5O7S/c1-17(2)13-25-30(41)38-12-8-11-26(38)33(46-47(6,43)44)39(25)31(42)32(45-33,18(3)4)36-29(40)19-14-21-20-9-7-10-23-27(20)22(28(34)35-23)15-24(21)37(5)16-19/h7,9-10,14,17-19,24-26,35H,8,11-13,15-16H2,1-6H3,(H,36,40)/t19-,24-,25+,26+,32-,33-/m1/s1. The van der Waals surface area contributed by atoms with Crippen LogP contribution in [-0.2, 0) is 39.8 Å². The van der Waals surface area contributed by atoms with Gasteiger partial charge in [-0.2, -0.15) is 8.42 Å². The first-order chi connectivity index (χ1) is 22.1. The van der Waals surface area contributed by atoms with Gasteiger partial charge < -0.3 is 15.2 Å². The van der Waals surface area contributed by atoms with E-state index in [4.69, 9.17) is 8.92 Å². The molecule has 47 heavy (non-hydrogen) atoms. The van der Waals surface area contributed by atoms with Gasteiger partial charge in [0, 0.05) is 36.0 Å². The molecule has 2 aromatic rings. The molecule has 2 N–H and O–H groups in total. The molecule has 0 saturated carbocycles. The van der Waals surface area contributed by atoms with Gasteiger partial charge in [0.05, 0.1) is 16.8 Å². The van der Waals surface area contributed by atoms with Crippen molar-refractivity contribution < 1.29 is 31.7 Å². The van der Waals surface area contributed by atoms with Crippen LogP contribution in [0.3, 0.4) is 0 Å². The Morgan fingerprint density at radius 3 is 2.66 bits per heavy atom. The van der Waals surface area contributed by atoms with Crippen LogP contribution in [0.15, 0.2) is 28.9 Å². The van der Waals surface area contributed by atoms with Gasteiger partial charge in [-0.1, -0.05) is 45.9 Å². The summed E-state index contributed by atoms with van der Waals surface area (Å²) in [6.45, 7) is 8.14. The SMILES string of the molecule is CC(C)C[C@H]1C(=O)N2CCC[C@H]2[C@]2(OS(C)(=O)=O)O[C@](NC(=O)[C@@H]3C=C4c5cccc6[nH]c(Br)c(c56)C[C@H]4N(C)C3)(C(C)C)C(=O)N12. The number of amides is 3. The number of rotatable bonds is 7. The molecular formula is C33H42BrN5O7S. The fraction of sp³-hybridized carbons (Fsp3) is 0.606. The first-order valence-corrected chi connectivity index (χ1v) is 19.0. The summed E-state index contributed by atoms with van der Waals surface area (Å²) in [5.74, 6) is -4.76. The second-order valence-electron chi connectivity index (χ2n) is 14.4. The molecule has 7 rings (SSSR count). The number of hydrogen-bond acceptors (Lipinski definition) is 8. The highest BCUT2D eigenvalue weighted by Gasteiger charge is 2.74. The van der Waals surface area contributed by atoms with Crippen molar-refractivity contribution in [3.8, 4) is 0 Å². The summed E-state index contributed by atoms with van der Waals surface area (Å²) >= 11 is 3.69. The molecule has 4 aliphatic heterocycles. The van der Waals surface area contributed by atoms with Crippen molar-refractivity contribution in [2.75, 3.05) is 26.4 Å². The first-order valence-electron chi connectivity index (χ1n) is 16.4. The number of nitrogens with one attached hydrogen (secondary N) is 2. The predicted octanol–water partition coefficient (Wildman–Crippen LogP) is 3.18. The van der Waals surface area contributed by atoms with Gasteiger partial charge in [-0.25, -0.2) is 4.18 Å². The number of piperazine rings is 1.